The number of aliphatic hydroxyl groups is 1. The number of benzene rings is 1. The first-order chi connectivity index (χ1) is 9.43. The van der Waals surface area contributed by atoms with Crippen LogP contribution in [0, 0.1) is 5.92 Å². The van der Waals surface area contributed by atoms with Crippen LogP contribution >= 0.6 is 0 Å². The predicted octanol–water partition coefficient (Wildman–Crippen LogP) is 2.51. The molecule has 1 aromatic rings. The van der Waals surface area contributed by atoms with E-state index in [1.807, 2.05) is 32.9 Å². The Labute approximate surface area is 119 Å². The minimum absolute atomic E-state index is 0.0504. The highest BCUT2D eigenvalue weighted by Gasteiger charge is 2.36. The third kappa shape index (κ3) is 2.70. The van der Waals surface area contributed by atoms with E-state index in [0.29, 0.717) is 18.0 Å². The molecule has 108 valence electrons. The maximum Gasteiger partial charge on any atom is 0.268 e. The van der Waals surface area contributed by atoms with Crippen LogP contribution < -0.4 is 9.64 Å². The predicted molar refractivity (Wildman–Crippen MR) is 78.8 cm³/mol. The van der Waals surface area contributed by atoms with Gasteiger partial charge in [-0.1, -0.05) is 32.1 Å². The molecular formula is C16H21NO3. The Bertz CT molecular complexity index is 537. The van der Waals surface area contributed by atoms with Gasteiger partial charge in [-0.2, -0.15) is 0 Å². The van der Waals surface area contributed by atoms with Gasteiger partial charge in [-0.05, 0) is 30.5 Å². The molecule has 4 heteroatoms. The number of hydrogen-bond donors (Lipinski definition) is 1. The smallest absolute Gasteiger partial charge is 0.268 e. The molecule has 0 saturated heterocycles. The van der Waals surface area contributed by atoms with Gasteiger partial charge in [0.05, 0.1) is 12.3 Å². The van der Waals surface area contributed by atoms with Crippen LogP contribution in [0.3, 0.4) is 0 Å². The van der Waals surface area contributed by atoms with E-state index < -0.39 is 6.10 Å². The van der Waals surface area contributed by atoms with Gasteiger partial charge >= 0.3 is 0 Å². The molecule has 0 saturated carbocycles. The molecule has 1 aliphatic rings. The van der Waals surface area contributed by atoms with Gasteiger partial charge in [-0.25, -0.2) is 0 Å². The Hall–Kier alpha value is -1.81. The molecule has 0 bridgehead atoms. The first-order valence-electron chi connectivity index (χ1n) is 6.80. The third-order valence-electron chi connectivity index (χ3n) is 3.29. The zero-order valence-electron chi connectivity index (χ0n) is 12.2. The molecule has 0 fully saturated rings. The van der Waals surface area contributed by atoms with E-state index in [2.05, 4.69) is 6.58 Å². The second-order valence-electron chi connectivity index (χ2n) is 5.62. The van der Waals surface area contributed by atoms with E-state index in [1.165, 1.54) is 0 Å². The van der Waals surface area contributed by atoms with E-state index in [0.717, 1.165) is 11.1 Å². The fraction of sp³-hybridized carbons (Fsp3) is 0.438. The van der Waals surface area contributed by atoms with Gasteiger partial charge in [0, 0.05) is 6.54 Å². The second kappa shape index (κ2) is 5.67. The highest BCUT2D eigenvalue weighted by molar-refractivity contribution is 6.00. The van der Waals surface area contributed by atoms with Crippen molar-refractivity contribution in [3.63, 3.8) is 0 Å². The zero-order chi connectivity index (χ0) is 14.9. The van der Waals surface area contributed by atoms with E-state index in [9.17, 15) is 9.90 Å². The summed E-state index contributed by atoms with van der Waals surface area (Å²) < 4.78 is 5.81. The average molecular weight is 275 g/mol. The van der Waals surface area contributed by atoms with Crippen LogP contribution in [0.25, 0.3) is 0 Å². The van der Waals surface area contributed by atoms with Crippen LogP contribution in [0.4, 0.5) is 5.69 Å². The zero-order valence-corrected chi connectivity index (χ0v) is 12.2. The molecule has 1 atom stereocenters. The fourth-order valence-corrected chi connectivity index (χ4v) is 2.29. The van der Waals surface area contributed by atoms with Crippen LogP contribution in [0.5, 0.6) is 5.75 Å². The summed E-state index contributed by atoms with van der Waals surface area (Å²) in [4.78, 5) is 14.3. The summed E-state index contributed by atoms with van der Waals surface area (Å²) in [6.45, 7) is 10.1. The number of nitrogens with zero attached hydrogens (tertiary/aromatic N) is 1. The minimum Gasteiger partial charge on any atom is -0.478 e. The first kappa shape index (κ1) is 14.6. The van der Waals surface area contributed by atoms with Crippen molar-refractivity contribution in [3.8, 4) is 5.75 Å². The summed E-state index contributed by atoms with van der Waals surface area (Å²) in [5.74, 6) is 0.730. The largest absolute Gasteiger partial charge is 0.478 e. The van der Waals surface area contributed by atoms with Gasteiger partial charge in [0.25, 0.3) is 5.91 Å². The molecule has 1 unspecified atom stereocenters. The molecule has 2 rings (SSSR count). The van der Waals surface area contributed by atoms with Crippen molar-refractivity contribution in [1.29, 1.82) is 0 Å². The summed E-state index contributed by atoms with van der Waals surface area (Å²) in [7, 11) is 0. The van der Waals surface area contributed by atoms with Gasteiger partial charge < -0.3 is 14.7 Å². The summed E-state index contributed by atoms with van der Waals surface area (Å²) >= 11 is 0. The van der Waals surface area contributed by atoms with Crippen LogP contribution in [0.2, 0.25) is 0 Å². The first-order valence-corrected chi connectivity index (χ1v) is 6.80. The summed E-state index contributed by atoms with van der Waals surface area (Å²) in [5, 5.41) is 9.25. The maximum atomic E-state index is 12.6. The minimum atomic E-state index is -0.471. The number of carbonyl (C=O) groups excluding carboxylic acids is 1. The Kier molecular flexibility index (Phi) is 4.14. The van der Waals surface area contributed by atoms with Gasteiger partial charge in [0.2, 0.25) is 0 Å². The molecule has 1 aromatic carbocycles. The van der Waals surface area contributed by atoms with Crippen LogP contribution in [0.1, 0.15) is 26.3 Å². The van der Waals surface area contributed by atoms with E-state index in [-0.39, 0.29) is 18.4 Å². The molecule has 20 heavy (non-hydrogen) atoms. The summed E-state index contributed by atoms with van der Waals surface area (Å²) in [6, 6.07) is 5.42. The summed E-state index contributed by atoms with van der Waals surface area (Å²) in [6.07, 6.45) is -0.471. The van der Waals surface area contributed by atoms with E-state index in [4.69, 9.17) is 4.74 Å². The molecule has 0 aliphatic carbocycles. The number of ether oxygens (including phenoxy) is 1. The molecule has 1 heterocycles. The molecule has 0 radical (unpaired) electrons. The molecule has 1 aliphatic heterocycles. The van der Waals surface area contributed by atoms with Crippen molar-refractivity contribution in [1.82, 2.24) is 0 Å². The lowest BCUT2D eigenvalue weighted by Crippen LogP contribution is -2.48. The molecule has 1 amide bonds. The van der Waals surface area contributed by atoms with Gasteiger partial charge in [-0.15, -0.1) is 0 Å². The number of carbonyl (C=O) groups is 1. The number of rotatable bonds is 4. The molecule has 4 nitrogen and oxygen atoms in total. The topological polar surface area (TPSA) is 49.8 Å². The SMILES string of the molecule is C=C(C)CN1C(=O)C(C(C)C)Oc2ccc(CO)cc21. The normalized spacial score (nSPS) is 17.9. The summed E-state index contributed by atoms with van der Waals surface area (Å²) in [5.41, 5.74) is 2.37. The molecule has 0 aromatic heterocycles. The van der Waals surface area contributed by atoms with Gasteiger partial charge in [0.1, 0.15) is 5.75 Å². The highest BCUT2D eigenvalue weighted by atomic mass is 16.5. The van der Waals surface area contributed by atoms with Crippen molar-refractivity contribution in [2.24, 2.45) is 5.92 Å². The molecular weight excluding hydrogens is 254 g/mol. The van der Waals surface area contributed by atoms with Crippen molar-refractivity contribution in [2.45, 2.75) is 33.5 Å². The molecule has 0 spiro atoms. The Morgan fingerprint density at radius 2 is 2.20 bits per heavy atom. The number of hydrogen-bond acceptors (Lipinski definition) is 3. The Balaban J connectivity index is 2.47. The van der Waals surface area contributed by atoms with Crippen molar-refractivity contribution < 1.29 is 14.6 Å². The van der Waals surface area contributed by atoms with E-state index >= 15 is 0 Å². The average Bonchev–Trinajstić information content (AvgIpc) is 2.40. The Morgan fingerprint density at radius 1 is 1.50 bits per heavy atom. The van der Waals surface area contributed by atoms with Crippen molar-refractivity contribution >= 4 is 11.6 Å². The standard InChI is InChI=1S/C16H21NO3/c1-10(2)8-17-13-7-12(9-18)5-6-14(13)20-15(11(3)4)16(17)19/h5-7,11,15,18H,1,8-9H2,2-4H3. The third-order valence-corrected chi connectivity index (χ3v) is 3.29. The fourth-order valence-electron chi connectivity index (χ4n) is 2.29. The van der Waals surface area contributed by atoms with Crippen molar-refractivity contribution in [2.75, 3.05) is 11.4 Å². The monoisotopic (exact) mass is 275 g/mol. The highest BCUT2D eigenvalue weighted by Crippen LogP contribution is 2.36. The van der Waals surface area contributed by atoms with Crippen LogP contribution in [-0.2, 0) is 11.4 Å². The van der Waals surface area contributed by atoms with Crippen molar-refractivity contribution in [3.05, 3.63) is 35.9 Å². The lowest BCUT2D eigenvalue weighted by Gasteiger charge is -2.36. The lowest BCUT2D eigenvalue weighted by molar-refractivity contribution is -0.128. The number of aliphatic hydroxyl groups excluding tert-OH is 1. The van der Waals surface area contributed by atoms with Crippen LogP contribution in [-0.4, -0.2) is 23.7 Å². The molecule has 1 N–H and O–H groups in total. The lowest BCUT2D eigenvalue weighted by atomic mass is 10.0. The number of anilines is 1. The maximum absolute atomic E-state index is 12.6. The van der Waals surface area contributed by atoms with Gasteiger partial charge in [0.15, 0.2) is 6.10 Å². The second-order valence-corrected chi connectivity index (χ2v) is 5.62. The Morgan fingerprint density at radius 3 is 2.75 bits per heavy atom. The van der Waals surface area contributed by atoms with Gasteiger partial charge in [-0.3, -0.25) is 4.79 Å². The van der Waals surface area contributed by atoms with Crippen LogP contribution in [0.15, 0.2) is 30.4 Å². The quantitative estimate of drug-likeness (QED) is 0.859. The van der Waals surface area contributed by atoms with E-state index in [1.54, 1.807) is 11.0 Å². The number of fused-ring (bicyclic) bond motifs is 1. The number of amides is 1.